The summed E-state index contributed by atoms with van der Waals surface area (Å²) in [6.07, 6.45) is 6.27. The van der Waals surface area contributed by atoms with Crippen molar-refractivity contribution in [3.63, 3.8) is 0 Å². The van der Waals surface area contributed by atoms with Crippen LogP contribution in [0.25, 0.3) is 0 Å². The maximum atomic E-state index is 10.5. The summed E-state index contributed by atoms with van der Waals surface area (Å²) in [5.74, 6) is -0.0127. The second-order valence-corrected chi connectivity index (χ2v) is 4.62. The Morgan fingerprint density at radius 3 is 2.31 bits per heavy atom. The van der Waals surface area contributed by atoms with Gasteiger partial charge in [0.05, 0.1) is 0 Å². The summed E-state index contributed by atoms with van der Waals surface area (Å²) < 4.78 is 0. The van der Waals surface area contributed by atoms with Gasteiger partial charge in [-0.15, -0.1) is 0 Å². The lowest BCUT2D eigenvalue weighted by atomic mass is 9.72. The summed E-state index contributed by atoms with van der Waals surface area (Å²) >= 11 is 0. The molecule has 0 amide bonds. The third-order valence-electron chi connectivity index (χ3n) is 3.66. The quantitative estimate of drug-likeness (QED) is 0.729. The Morgan fingerprint density at radius 1 is 1.38 bits per heavy atom. The number of hydrogen-bond donors (Lipinski definition) is 1. The molecule has 1 fully saturated rings. The lowest BCUT2D eigenvalue weighted by Crippen LogP contribution is -2.24. The summed E-state index contributed by atoms with van der Waals surface area (Å²) in [4.78, 5) is 10.5. The maximum Gasteiger partial charge on any atom is 0.303 e. The molecule has 2 heteroatoms. The molecule has 1 aliphatic rings. The molecule has 0 atom stereocenters. The van der Waals surface area contributed by atoms with Crippen molar-refractivity contribution in [1.82, 2.24) is 0 Å². The van der Waals surface area contributed by atoms with Crippen molar-refractivity contribution in [1.29, 1.82) is 0 Å². The molecule has 0 radical (unpaired) electrons. The van der Waals surface area contributed by atoms with Crippen LogP contribution in [0, 0.1) is 11.3 Å². The minimum Gasteiger partial charge on any atom is -0.481 e. The van der Waals surface area contributed by atoms with E-state index in [0.29, 0.717) is 17.8 Å². The molecule has 2 nitrogen and oxygen atoms in total. The fourth-order valence-corrected chi connectivity index (χ4v) is 2.55. The molecule has 76 valence electrons. The van der Waals surface area contributed by atoms with Crippen molar-refractivity contribution in [2.45, 2.75) is 52.4 Å². The molecule has 1 rings (SSSR count). The van der Waals surface area contributed by atoms with Gasteiger partial charge in [-0.2, -0.15) is 0 Å². The topological polar surface area (TPSA) is 37.3 Å². The molecule has 0 bridgehead atoms. The summed E-state index contributed by atoms with van der Waals surface area (Å²) in [5, 5.41) is 8.67. The van der Waals surface area contributed by atoms with Gasteiger partial charge in [-0.05, 0) is 30.6 Å². The Labute approximate surface area is 80.3 Å². The molecular weight excluding hydrogens is 164 g/mol. The first-order valence-electron chi connectivity index (χ1n) is 5.29. The molecule has 0 spiro atoms. The van der Waals surface area contributed by atoms with Crippen LogP contribution in [0.5, 0.6) is 0 Å². The molecule has 0 aromatic heterocycles. The smallest absolute Gasteiger partial charge is 0.303 e. The number of rotatable bonds is 4. The zero-order valence-corrected chi connectivity index (χ0v) is 8.68. The monoisotopic (exact) mass is 184 g/mol. The Hall–Kier alpha value is -0.530. The van der Waals surface area contributed by atoms with E-state index in [0.717, 1.165) is 6.42 Å². The zero-order valence-electron chi connectivity index (χ0n) is 8.68. The minimum atomic E-state index is -0.646. The van der Waals surface area contributed by atoms with Crippen LogP contribution in [0.4, 0.5) is 0 Å². The number of hydrogen-bond acceptors (Lipinski definition) is 1. The third-order valence-corrected chi connectivity index (χ3v) is 3.66. The Balaban J connectivity index is 2.52. The van der Waals surface area contributed by atoms with Crippen LogP contribution < -0.4 is 0 Å². The lowest BCUT2D eigenvalue weighted by Gasteiger charge is -2.33. The van der Waals surface area contributed by atoms with E-state index in [9.17, 15) is 4.79 Å². The van der Waals surface area contributed by atoms with Gasteiger partial charge >= 0.3 is 5.97 Å². The Morgan fingerprint density at radius 2 is 1.92 bits per heavy atom. The fourth-order valence-electron chi connectivity index (χ4n) is 2.55. The van der Waals surface area contributed by atoms with Crippen molar-refractivity contribution >= 4 is 5.97 Å². The van der Waals surface area contributed by atoms with Gasteiger partial charge in [-0.3, -0.25) is 4.79 Å². The van der Waals surface area contributed by atoms with Gasteiger partial charge in [0.25, 0.3) is 0 Å². The van der Waals surface area contributed by atoms with Crippen LogP contribution in [-0.2, 0) is 4.79 Å². The highest BCUT2D eigenvalue weighted by Gasteiger charge is 2.36. The van der Waals surface area contributed by atoms with Crippen molar-refractivity contribution in [3.8, 4) is 0 Å². The molecule has 1 N–H and O–H groups in total. The van der Waals surface area contributed by atoms with E-state index in [1.807, 2.05) is 0 Å². The highest BCUT2D eigenvalue weighted by atomic mass is 16.4. The average molecular weight is 184 g/mol. The van der Waals surface area contributed by atoms with Crippen LogP contribution in [0.2, 0.25) is 0 Å². The van der Waals surface area contributed by atoms with Gasteiger partial charge in [0.1, 0.15) is 0 Å². The van der Waals surface area contributed by atoms with Crippen LogP contribution in [-0.4, -0.2) is 11.1 Å². The van der Waals surface area contributed by atoms with E-state index in [2.05, 4.69) is 13.8 Å². The lowest BCUT2D eigenvalue weighted by molar-refractivity contribution is -0.137. The number of carboxylic acid groups (broad SMARTS) is 1. The second-order valence-electron chi connectivity index (χ2n) is 4.62. The molecule has 0 unspecified atom stereocenters. The number of carbonyl (C=O) groups is 1. The Bertz CT molecular complexity index is 179. The Kier molecular flexibility index (Phi) is 3.34. The molecule has 0 aliphatic heterocycles. The van der Waals surface area contributed by atoms with Gasteiger partial charge in [-0.1, -0.05) is 26.7 Å². The number of aliphatic carboxylic acids is 1. The minimum absolute atomic E-state index is 0.345. The molecule has 1 saturated carbocycles. The molecule has 0 aromatic rings. The third kappa shape index (κ3) is 2.45. The van der Waals surface area contributed by atoms with E-state index < -0.39 is 5.97 Å². The summed E-state index contributed by atoms with van der Waals surface area (Å²) in [5.41, 5.74) is 0.346. The van der Waals surface area contributed by atoms with Crippen LogP contribution in [0.1, 0.15) is 52.4 Å². The summed E-state index contributed by atoms with van der Waals surface area (Å²) in [7, 11) is 0. The van der Waals surface area contributed by atoms with Gasteiger partial charge in [0, 0.05) is 6.42 Å². The van der Waals surface area contributed by atoms with E-state index in [-0.39, 0.29) is 0 Å². The zero-order chi connectivity index (χ0) is 9.90. The van der Waals surface area contributed by atoms with Gasteiger partial charge < -0.3 is 5.11 Å². The van der Waals surface area contributed by atoms with E-state index in [4.69, 9.17) is 5.11 Å². The van der Waals surface area contributed by atoms with Crippen LogP contribution >= 0.6 is 0 Å². The molecule has 1 aliphatic carbocycles. The number of carboxylic acids is 1. The first-order chi connectivity index (χ1) is 6.07. The van der Waals surface area contributed by atoms with Crippen molar-refractivity contribution < 1.29 is 9.90 Å². The first kappa shape index (κ1) is 10.6. The van der Waals surface area contributed by atoms with Gasteiger partial charge in [-0.25, -0.2) is 0 Å². The first-order valence-corrected chi connectivity index (χ1v) is 5.29. The predicted molar refractivity (Wildman–Crippen MR) is 52.6 cm³/mol. The van der Waals surface area contributed by atoms with E-state index in [1.54, 1.807) is 0 Å². The summed E-state index contributed by atoms with van der Waals surface area (Å²) in [6, 6.07) is 0. The van der Waals surface area contributed by atoms with Crippen molar-refractivity contribution in [3.05, 3.63) is 0 Å². The maximum absolute atomic E-state index is 10.5. The van der Waals surface area contributed by atoms with Crippen molar-refractivity contribution in [2.75, 3.05) is 0 Å². The molecule has 0 aromatic carbocycles. The summed E-state index contributed by atoms with van der Waals surface area (Å²) in [6.45, 7) is 4.46. The van der Waals surface area contributed by atoms with Crippen molar-refractivity contribution in [2.24, 2.45) is 11.3 Å². The largest absolute Gasteiger partial charge is 0.481 e. The van der Waals surface area contributed by atoms with Gasteiger partial charge in [0.2, 0.25) is 0 Å². The highest BCUT2D eigenvalue weighted by Crippen LogP contribution is 2.47. The van der Waals surface area contributed by atoms with E-state index in [1.165, 1.54) is 25.7 Å². The van der Waals surface area contributed by atoms with E-state index >= 15 is 0 Å². The molecule has 0 saturated heterocycles. The van der Waals surface area contributed by atoms with Crippen LogP contribution in [0.15, 0.2) is 0 Å². The highest BCUT2D eigenvalue weighted by molar-refractivity contribution is 5.66. The average Bonchev–Trinajstić information content (AvgIpc) is 2.50. The molecule has 0 heterocycles. The molecule has 13 heavy (non-hydrogen) atoms. The van der Waals surface area contributed by atoms with Crippen LogP contribution in [0.3, 0.4) is 0 Å². The van der Waals surface area contributed by atoms with Gasteiger partial charge in [0.15, 0.2) is 0 Å². The standard InChI is InChI=1S/C11H20O2/c1-9(2)11(6-3-4-7-11)8-5-10(12)13/h9H,3-8H2,1-2H3,(H,12,13). The SMILES string of the molecule is CC(C)C1(CCC(=O)O)CCCC1. The predicted octanol–water partition coefficient (Wildman–Crippen LogP) is 3.07. The fraction of sp³-hybridized carbons (Fsp3) is 0.909. The second kappa shape index (κ2) is 4.12. The normalized spacial score (nSPS) is 20.8. The molecular formula is C11H20O2.